The largest absolute Gasteiger partial charge is 0.363 e. The molecule has 0 aromatic carbocycles. The van der Waals surface area contributed by atoms with Gasteiger partial charge in [0, 0.05) is 24.2 Å². The fourth-order valence-electron chi connectivity index (χ4n) is 2.99. The lowest BCUT2D eigenvalue weighted by Gasteiger charge is -2.11. The molecule has 1 atom stereocenters. The second kappa shape index (κ2) is 4.44. The summed E-state index contributed by atoms with van der Waals surface area (Å²) in [5.74, 6) is 0.644. The molecule has 1 unspecified atom stereocenters. The highest BCUT2D eigenvalue weighted by Crippen LogP contribution is 2.34. The molecule has 0 bridgehead atoms. The van der Waals surface area contributed by atoms with Gasteiger partial charge in [-0.1, -0.05) is 12.1 Å². The number of hydrogen-bond donors (Lipinski definition) is 1. The van der Waals surface area contributed by atoms with Gasteiger partial charge in [0.15, 0.2) is 5.82 Å². The van der Waals surface area contributed by atoms with Crippen molar-refractivity contribution in [1.82, 2.24) is 14.5 Å². The monoisotopic (exact) mass is 282 g/mol. The zero-order valence-corrected chi connectivity index (χ0v) is 11.5. The number of anilines is 1. The van der Waals surface area contributed by atoms with E-state index in [1.54, 1.807) is 12.3 Å². The molecule has 3 aromatic rings. The first kappa shape index (κ1) is 12.1. The van der Waals surface area contributed by atoms with E-state index in [1.165, 1.54) is 17.5 Å². The van der Waals surface area contributed by atoms with E-state index in [0.717, 1.165) is 12.8 Å². The van der Waals surface area contributed by atoms with Crippen LogP contribution in [0.2, 0.25) is 0 Å². The minimum Gasteiger partial charge on any atom is -0.363 e. The topological polar surface area (TPSA) is 72.4 Å². The van der Waals surface area contributed by atoms with E-state index in [0.29, 0.717) is 22.9 Å². The van der Waals surface area contributed by atoms with Gasteiger partial charge < -0.3 is 14.2 Å². The maximum atomic E-state index is 12.5. The molecular weight excluding hydrogens is 268 g/mol. The van der Waals surface area contributed by atoms with Crippen molar-refractivity contribution in [1.29, 1.82) is 0 Å². The van der Waals surface area contributed by atoms with Crippen LogP contribution in [0.25, 0.3) is 5.65 Å². The van der Waals surface area contributed by atoms with Crippen LogP contribution in [-0.2, 0) is 6.42 Å². The van der Waals surface area contributed by atoms with Crippen LogP contribution in [0.1, 0.15) is 40.9 Å². The highest BCUT2D eigenvalue weighted by atomic mass is 16.5. The Kier molecular flexibility index (Phi) is 2.57. The Morgan fingerprint density at radius 1 is 1.52 bits per heavy atom. The van der Waals surface area contributed by atoms with Gasteiger partial charge in [-0.25, -0.2) is 4.98 Å². The van der Waals surface area contributed by atoms with Gasteiger partial charge in [-0.2, -0.15) is 0 Å². The van der Waals surface area contributed by atoms with Gasteiger partial charge in [-0.3, -0.25) is 4.79 Å². The number of carbonyl (C=O) groups is 1. The lowest BCUT2D eigenvalue weighted by Crippen LogP contribution is -2.15. The number of imidazole rings is 1. The van der Waals surface area contributed by atoms with Gasteiger partial charge in [-0.15, -0.1) is 0 Å². The summed E-state index contributed by atoms with van der Waals surface area (Å²) in [6, 6.07) is 3.57. The second-order valence-electron chi connectivity index (χ2n) is 5.36. The summed E-state index contributed by atoms with van der Waals surface area (Å²) in [7, 11) is 0. The van der Waals surface area contributed by atoms with E-state index >= 15 is 0 Å². The number of fused-ring (bicyclic) bond motifs is 3. The number of rotatable bonds is 2. The molecule has 6 heteroatoms. The number of aryl methyl sites for hydroxylation is 1. The number of aromatic nitrogens is 3. The van der Waals surface area contributed by atoms with Crippen LogP contribution < -0.4 is 5.32 Å². The summed E-state index contributed by atoms with van der Waals surface area (Å²) in [5, 5.41) is 6.43. The van der Waals surface area contributed by atoms with Crippen LogP contribution in [0.15, 0.2) is 35.3 Å². The Bertz CT molecular complexity index is 820. The molecule has 1 N–H and O–H groups in total. The zero-order valence-electron chi connectivity index (χ0n) is 11.5. The van der Waals surface area contributed by atoms with Crippen LogP contribution in [-0.4, -0.2) is 20.4 Å². The Hall–Kier alpha value is -2.63. The van der Waals surface area contributed by atoms with Crippen molar-refractivity contribution in [3.8, 4) is 0 Å². The fraction of sp³-hybridized carbons (Fsp3) is 0.267. The molecule has 6 nitrogen and oxygen atoms in total. The quantitative estimate of drug-likeness (QED) is 0.784. The summed E-state index contributed by atoms with van der Waals surface area (Å²) in [5.41, 5.74) is 3.73. The first-order valence-corrected chi connectivity index (χ1v) is 6.94. The maximum absolute atomic E-state index is 12.5. The molecule has 1 aliphatic carbocycles. The summed E-state index contributed by atoms with van der Waals surface area (Å²) < 4.78 is 6.75. The zero-order chi connectivity index (χ0) is 14.4. The van der Waals surface area contributed by atoms with Crippen molar-refractivity contribution in [2.75, 3.05) is 5.32 Å². The van der Waals surface area contributed by atoms with E-state index < -0.39 is 0 Å². The third-order valence-electron chi connectivity index (χ3n) is 4.07. The first-order chi connectivity index (χ1) is 10.2. The molecule has 0 aliphatic heterocycles. The minimum absolute atomic E-state index is 0.220. The van der Waals surface area contributed by atoms with Gasteiger partial charge in [-0.05, 0) is 30.4 Å². The average Bonchev–Trinajstić information content (AvgIpc) is 3.18. The normalized spacial score (nSPS) is 17.1. The van der Waals surface area contributed by atoms with Crippen molar-refractivity contribution in [2.24, 2.45) is 0 Å². The van der Waals surface area contributed by atoms with Crippen molar-refractivity contribution in [2.45, 2.75) is 25.7 Å². The van der Waals surface area contributed by atoms with Crippen LogP contribution in [0.4, 0.5) is 5.82 Å². The van der Waals surface area contributed by atoms with Gasteiger partial charge in [0.25, 0.3) is 5.91 Å². The van der Waals surface area contributed by atoms with Gasteiger partial charge >= 0.3 is 0 Å². The molecule has 1 amide bonds. The van der Waals surface area contributed by atoms with E-state index in [4.69, 9.17) is 4.52 Å². The van der Waals surface area contributed by atoms with Crippen LogP contribution >= 0.6 is 0 Å². The Balaban J connectivity index is 1.83. The molecule has 0 spiro atoms. The lowest BCUT2D eigenvalue weighted by atomic mass is 10.0. The molecule has 1 aliphatic rings. The third kappa shape index (κ3) is 1.83. The molecule has 106 valence electrons. The molecule has 0 saturated carbocycles. The summed E-state index contributed by atoms with van der Waals surface area (Å²) in [4.78, 5) is 16.8. The number of nitrogens with one attached hydrogen (secondary N) is 1. The summed E-state index contributed by atoms with van der Waals surface area (Å²) in [6.07, 6.45) is 7.20. The highest BCUT2D eigenvalue weighted by molar-refractivity contribution is 6.08. The molecule has 0 saturated heterocycles. The predicted molar refractivity (Wildman–Crippen MR) is 76.4 cm³/mol. The molecular formula is C15H14N4O2. The van der Waals surface area contributed by atoms with E-state index in [1.807, 2.05) is 16.7 Å². The van der Waals surface area contributed by atoms with Crippen molar-refractivity contribution in [3.05, 3.63) is 47.6 Å². The van der Waals surface area contributed by atoms with Crippen LogP contribution in [0, 0.1) is 0 Å². The number of carbonyl (C=O) groups excluding carboxylic acids is 1. The average molecular weight is 282 g/mol. The minimum atomic E-state index is -0.220. The van der Waals surface area contributed by atoms with Crippen molar-refractivity contribution >= 4 is 17.4 Å². The Labute approximate surface area is 120 Å². The van der Waals surface area contributed by atoms with E-state index in [2.05, 4.69) is 22.4 Å². The van der Waals surface area contributed by atoms with Gasteiger partial charge in [0.05, 0.1) is 5.56 Å². The number of amides is 1. The molecule has 0 fully saturated rings. The predicted octanol–water partition coefficient (Wildman–Crippen LogP) is 2.62. The highest BCUT2D eigenvalue weighted by Gasteiger charge is 2.25. The standard InChI is InChI=1S/C15H14N4O2/c1-9-2-3-12-10(9)8-11(14-16-5-6-19(12)14)15(20)17-13-4-7-21-18-13/h4-9H,2-3H2,1H3,(H,17,18,20). The number of pyridine rings is 1. The van der Waals surface area contributed by atoms with Gasteiger partial charge in [0.2, 0.25) is 0 Å². The Morgan fingerprint density at radius 3 is 3.24 bits per heavy atom. The number of nitrogens with zero attached hydrogens (tertiary/aromatic N) is 3. The molecule has 21 heavy (non-hydrogen) atoms. The summed E-state index contributed by atoms with van der Waals surface area (Å²) in [6.45, 7) is 2.19. The van der Waals surface area contributed by atoms with Crippen molar-refractivity contribution in [3.63, 3.8) is 0 Å². The fourth-order valence-corrected chi connectivity index (χ4v) is 2.99. The van der Waals surface area contributed by atoms with E-state index in [-0.39, 0.29) is 5.91 Å². The maximum Gasteiger partial charge on any atom is 0.260 e. The van der Waals surface area contributed by atoms with Crippen LogP contribution in [0.5, 0.6) is 0 Å². The first-order valence-electron chi connectivity index (χ1n) is 6.94. The summed E-state index contributed by atoms with van der Waals surface area (Å²) >= 11 is 0. The Morgan fingerprint density at radius 2 is 2.43 bits per heavy atom. The smallest absolute Gasteiger partial charge is 0.260 e. The second-order valence-corrected chi connectivity index (χ2v) is 5.36. The van der Waals surface area contributed by atoms with E-state index in [9.17, 15) is 4.79 Å². The van der Waals surface area contributed by atoms with Gasteiger partial charge in [0.1, 0.15) is 11.9 Å². The molecule has 0 radical (unpaired) electrons. The SMILES string of the molecule is CC1CCc2c1cc(C(=O)Nc1ccon1)c1nccn21. The molecule has 3 heterocycles. The lowest BCUT2D eigenvalue weighted by molar-refractivity contribution is 0.102. The number of hydrogen-bond acceptors (Lipinski definition) is 4. The molecule has 3 aromatic heterocycles. The van der Waals surface area contributed by atoms with Crippen LogP contribution in [0.3, 0.4) is 0 Å². The third-order valence-corrected chi connectivity index (χ3v) is 4.07. The van der Waals surface area contributed by atoms with Crippen molar-refractivity contribution < 1.29 is 9.32 Å². The molecule has 4 rings (SSSR count).